The Bertz CT molecular complexity index is 195. The van der Waals surface area contributed by atoms with Crippen molar-refractivity contribution >= 4 is 8.56 Å². The number of hydrogen-bond donors (Lipinski definition) is 0. The summed E-state index contributed by atoms with van der Waals surface area (Å²) in [5.74, 6) is 0. The normalized spacial score (nSPS) is 14.6. The van der Waals surface area contributed by atoms with Gasteiger partial charge in [-0.1, -0.05) is 20.8 Å². The van der Waals surface area contributed by atoms with Crippen LogP contribution in [0, 0.1) is 0 Å². The summed E-state index contributed by atoms with van der Waals surface area (Å²) in [6.07, 6.45) is 0. The van der Waals surface area contributed by atoms with E-state index in [1.54, 1.807) is 0 Å². The first kappa shape index (κ1) is 16.1. The van der Waals surface area contributed by atoms with Gasteiger partial charge in [-0.15, -0.1) is 0 Å². The molecule has 0 heterocycles. The highest BCUT2D eigenvalue weighted by Crippen LogP contribution is 2.35. The van der Waals surface area contributed by atoms with Crippen LogP contribution >= 0.6 is 0 Å². The maximum Gasteiger partial charge on any atom is 0.341 e. The first-order chi connectivity index (χ1) is 6.92. The van der Waals surface area contributed by atoms with E-state index in [2.05, 4.69) is 62.3 Å². The Morgan fingerprint density at radius 3 is 1.31 bits per heavy atom. The van der Waals surface area contributed by atoms with Crippen LogP contribution in [-0.2, 0) is 8.85 Å². The first-order valence-electron chi connectivity index (χ1n) is 6.32. The van der Waals surface area contributed by atoms with E-state index in [0.717, 1.165) is 6.04 Å². The molecule has 0 spiro atoms. The second kappa shape index (κ2) is 5.19. The fourth-order valence-corrected chi connectivity index (χ4v) is 5.54. The fourth-order valence-electron chi connectivity index (χ4n) is 1.85. The minimum absolute atomic E-state index is 0.127. The second-order valence-corrected chi connectivity index (χ2v) is 10.6. The van der Waals surface area contributed by atoms with Gasteiger partial charge in [0.2, 0.25) is 0 Å². The van der Waals surface area contributed by atoms with Gasteiger partial charge in [0.1, 0.15) is 0 Å². The van der Waals surface area contributed by atoms with E-state index >= 15 is 0 Å². The summed E-state index contributed by atoms with van der Waals surface area (Å²) >= 11 is 0. The average Bonchev–Trinajstić information content (AvgIpc) is 1.97. The molecule has 0 radical (unpaired) electrons. The molecule has 0 saturated carbocycles. The average molecular weight is 246 g/mol. The predicted molar refractivity (Wildman–Crippen MR) is 73.0 cm³/mol. The number of rotatable bonds is 4. The van der Waals surface area contributed by atoms with Crippen molar-refractivity contribution in [3.8, 4) is 0 Å². The van der Waals surface area contributed by atoms with E-state index in [0.29, 0.717) is 5.54 Å². The fraction of sp³-hybridized carbons (Fsp3) is 1.00. The quantitative estimate of drug-likeness (QED) is 0.681. The maximum absolute atomic E-state index is 6.33. The summed E-state index contributed by atoms with van der Waals surface area (Å²) in [6.45, 7) is 19.3. The van der Waals surface area contributed by atoms with Gasteiger partial charge in [0, 0.05) is 0 Å². The Labute approximate surface area is 103 Å². The zero-order chi connectivity index (χ0) is 13.2. The Balaban J connectivity index is 5.02. The van der Waals surface area contributed by atoms with Crippen LogP contribution in [0.3, 0.4) is 0 Å². The van der Waals surface area contributed by atoms with Crippen molar-refractivity contribution in [3.05, 3.63) is 0 Å². The third-order valence-electron chi connectivity index (χ3n) is 2.33. The van der Waals surface area contributed by atoms with Crippen LogP contribution in [0.4, 0.5) is 0 Å². The minimum Gasteiger partial charge on any atom is -0.389 e. The predicted octanol–water partition coefficient (Wildman–Crippen LogP) is 4.49. The van der Waals surface area contributed by atoms with Crippen molar-refractivity contribution in [2.75, 3.05) is 0 Å². The van der Waals surface area contributed by atoms with Crippen molar-refractivity contribution in [1.29, 1.82) is 0 Å². The third kappa shape index (κ3) is 5.46. The van der Waals surface area contributed by atoms with Gasteiger partial charge in [0.25, 0.3) is 0 Å². The molecule has 0 aromatic rings. The molecule has 2 nitrogen and oxygen atoms in total. The van der Waals surface area contributed by atoms with E-state index in [9.17, 15) is 0 Å². The van der Waals surface area contributed by atoms with Crippen LogP contribution in [0.1, 0.15) is 62.3 Å². The molecule has 0 unspecified atom stereocenters. The van der Waals surface area contributed by atoms with E-state index in [1.165, 1.54) is 0 Å². The van der Waals surface area contributed by atoms with Gasteiger partial charge in [-0.05, 0) is 53.1 Å². The van der Waals surface area contributed by atoms with E-state index < -0.39 is 8.56 Å². The lowest BCUT2D eigenvalue weighted by molar-refractivity contribution is 0.0104. The van der Waals surface area contributed by atoms with Crippen molar-refractivity contribution in [3.63, 3.8) is 0 Å². The molecular weight excluding hydrogens is 216 g/mol. The Hall–Kier alpha value is 0.137. The lowest BCUT2D eigenvalue weighted by Crippen LogP contribution is -2.53. The summed E-state index contributed by atoms with van der Waals surface area (Å²) < 4.78 is 12.7. The minimum atomic E-state index is -2.12. The molecule has 0 aromatic heterocycles. The number of hydrogen-bond acceptors (Lipinski definition) is 2. The van der Waals surface area contributed by atoms with Crippen LogP contribution in [0.5, 0.6) is 0 Å². The highest BCUT2D eigenvalue weighted by atomic mass is 28.4. The summed E-state index contributed by atoms with van der Waals surface area (Å²) in [5, 5.41) is 0. The second-order valence-electron chi connectivity index (χ2n) is 6.75. The Morgan fingerprint density at radius 1 is 0.875 bits per heavy atom. The Kier molecular flexibility index (Phi) is 5.24. The molecule has 0 atom stereocenters. The highest BCUT2D eigenvalue weighted by Gasteiger charge is 2.45. The molecule has 0 amide bonds. The molecule has 0 aliphatic carbocycles. The largest absolute Gasteiger partial charge is 0.389 e. The van der Waals surface area contributed by atoms with Crippen LogP contribution < -0.4 is 0 Å². The summed E-state index contributed by atoms with van der Waals surface area (Å²) in [5.41, 5.74) is 0.214. The van der Waals surface area contributed by atoms with Crippen LogP contribution in [-0.4, -0.2) is 19.8 Å². The molecule has 0 aromatic carbocycles. The van der Waals surface area contributed by atoms with E-state index in [1.807, 2.05) is 0 Å². The molecule has 98 valence electrons. The van der Waals surface area contributed by atoms with Crippen molar-refractivity contribution in [2.24, 2.45) is 0 Å². The van der Waals surface area contributed by atoms with Gasteiger partial charge >= 0.3 is 8.56 Å². The van der Waals surface area contributed by atoms with E-state index in [4.69, 9.17) is 8.85 Å². The molecule has 0 N–H and O–H groups in total. The summed E-state index contributed by atoms with van der Waals surface area (Å²) in [7, 11) is -2.12. The molecule has 3 heteroatoms. The van der Waals surface area contributed by atoms with Crippen molar-refractivity contribution < 1.29 is 8.85 Å². The van der Waals surface area contributed by atoms with Crippen molar-refractivity contribution in [2.45, 2.75) is 85.1 Å². The molecule has 0 aliphatic heterocycles. The SMILES string of the molecule is CC[Si](OC(C)(C)C)(OC(C)(C)C)C(C)C. The maximum atomic E-state index is 6.33. The lowest BCUT2D eigenvalue weighted by Gasteiger charge is -2.43. The van der Waals surface area contributed by atoms with Gasteiger partial charge in [0.05, 0.1) is 11.2 Å². The van der Waals surface area contributed by atoms with Gasteiger partial charge in [-0.25, -0.2) is 0 Å². The van der Waals surface area contributed by atoms with Gasteiger partial charge in [-0.2, -0.15) is 0 Å². The lowest BCUT2D eigenvalue weighted by atomic mass is 10.2. The smallest absolute Gasteiger partial charge is 0.341 e. The highest BCUT2D eigenvalue weighted by molar-refractivity contribution is 6.69. The topological polar surface area (TPSA) is 18.5 Å². The zero-order valence-corrected chi connectivity index (χ0v) is 13.6. The summed E-state index contributed by atoms with van der Waals surface area (Å²) in [6, 6.07) is 0.999. The molecule has 16 heavy (non-hydrogen) atoms. The molecule has 0 aliphatic rings. The van der Waals surface area contributed by atoms with Crippen molar-refractivity contribution in [1.82, 2.24) is 0 Å². The zero-order valence-electron chi connectivity index (χ0n) is 12.6. The molecular formula is C13H30O2Si. The molecule has 0 bridgehead atoms. The van der Waals surface area contributed by atoms with Gasteiger partial charge < -0.3 is 8.85 Å². The van der Waals surface area contributed by atoms with Crippen LogP contribution in [0.15, 0.2) is 0 Å². The van der Waals surface area contributed by atoms with Gasteiger partial charge in [-0.3, -0.25) is 0 Å². The molecule has 0 saturated heterocycles. The van der Waals surface area contributed by atoms with Crippen LogP contribution in [0.2, 0.25) is 11.6 Å². The van der Waals surface area contributed by atoms with Crippen LogP contribution in [0.25, 0.3) is 0 Å². The van der Waals surface area contributed by atoms with Gasteiger partial charge in [0.15, 0.2) is 0 Å². The molecule has 0 rings (SSSR count). The Morgan fingerprint density at radius 2 is 1.19 bits per heavy atom. The summed E-state index contributed by atoms with van der Waals surface area (Å²) in [4.78, 5) is 0. The standard InChI is InChI=1S/C13H30O2Si/c1-10-16(11(2)3,14-12(4,5)6)15-13(7,8)9/h11H,10H2,1-9H3. The molecule has 0 fully saturated rings. The monoisotopic (exact) mass is 246 g/mol. The van der Waals surface area contributed by atoms with E-state index in [-0.39, 0.29) is 11.2 Å². The first-order valence-corrected chi connectivity index (χ1v) is 8.42. The third-order valence-corrected chi connectivity index (χ3v) is 6.99.